The van der Waals surface area contributed by atoms with E-state index in [4.69, 9.17) is 4.42 Å². The number of hydrogen-bond donors (Lipinski definition) is 1. The summed E-state index contributed by atoms with van der Waals surface area (Å²) in [5.74, 6) is 2.10. The summed E-state index contributed by atoms with van der Waals surface area (Å²) in [4.78, 5) is 8.49. The zero-order valence-corrected chi connectivity index (χ0v) is 11.0. The first-order valence-corrected chi connectivity index (χ1v) is 5.74. The standard InChI is InChI=1S/C13H16N4O/c1-8-7-9(2)15-13(14-8)17-16-11(4)12-6-5-10(3)18-12/h5-7H,1-4H3,(H,14,15,17). The van der Waals surface area contributed by atoms with Crippen molar-refractivity contribution in [3.8, 4) is 0 Å². The van der Waals surface area contributed by atoms with Crippen molar-refractivity contribution in [2.45, 2.75) is 27.7 Å². The molecule has 5 nitrogen and oxygen atoms in total. The number of aryl methyl sites for hydroxylation is 3. The average molecular weight is 244 g/mol. The van der Waals surface area contributed by atoms with Crippen LogP contribution in [-0.4, -0.2) is 15.7 Å². The second-order valence-electron chi connectivity index (χ2n) is 4.19. The highest BCUT2D eigenvalue weighted by Gasteiger charge is 2.03. The molecule has 2 rings (SSSR count). The number of hydrazone groups is 1. The van der Waals surface area contributed by atoms with E-state index in [2.05, 4.69) is 20.5 Å². The molecule has 0 saturated carbocycles. The van der Waals surface area contributed by atoms with Crippen molar-refractivity contribution < 1.29 is 4.42 Å². The smallest absolute Gasteiger partial charge is 0.243 e. The predicted octanol–water partition coefficient (Wildman–Crippen LogP) is 2.83. The van der Waals surface area contributed by atoms with Gasteiger partial charge in [-0.15, -0.1) is 0 Å². The number of nitrogens with one attached hydrogen (secondary N) is 1. The Bertz CT molecular complexity index is 566. The van der Waals surface area contributed by atoms with Gasteiger partial charge in [0.05, 0.1) is 0 Å². The zero-order valence-electron chi connectivity index (χ0n) is 11.0. The first-order valence-electron chi connectivity index (χ1n) is 5.74. The van der Waals surface area contributed by atoms with Crippen LogP contribution in [0.3, 0.4) is 0 Å². The van der Waals surface area contributed by atoms with Crippen LogP contribution in [0.25, 0.3) is 0 Å². The van der Waals surface area contributed by atoms with E-state index in [1.807, 2.05) is 45.9 Å². The second-order valence-corrected chi connectivity index (χ2v) is 4.19. The molecule has 0 saturated heterocycles. The van der Waals surface area contributed by atoms with Crippen LogP contribution < -0.4 is 5.43 Å². The van der Waals surface area contributed by atoms with Crippen molar-refractivity contribution in [2.75, 3.05) is 5.43 Å². The molecule has 18 heavy (non-hydrogen) atoms. The van der Waals surface area contributed by atoms with E-state index in [0.29, 0.717) is 5.95 Å². The van der Waals surface area contributed by atoms with Gasteiger partial charge in [-0.25, -0.2) is 15.4 Å². The van der Waals surface area contributed by atoms with E-state index in [1.54, 1.807) is 0 Å². The van der Waals surface area contributed by atoms with Crippen molar-refractivity contribution in [2.24, 2.45) is 5.10 Å². The third kappa shape index (κ3) is 2.94. The van der Waals surface area contributed by atoms with Gasteiger partial charge in [-0.3, -0.25) is 0 Å². The monoisotopic (exact) mass is 244 g/mol. The lowest BCUT2D eigenvalue weighted by Crippen LogP contribution is -2.03. The second kappa shape index (κ2) is 5.00. The lowest BCUT2D eigenvalue weighted by molar-refractivity contribution is 0.525. The van der Waals surface area contributed by atoms with E-state index >= 15 is 0 Å². The molecule has 0 aliphatic rings. The molecule has 0 unspecified atom stereocenters. The first kappa shape index (κ1) is 12.3. The minimum atomic E-state index is 0.495. The Kier molecular flexibility index (Phi) is 3.41. The fraction of sp³-hybridized carbons (Fsp3) is 0.308. The molecule has 5 heteroatoms. The third-order valence-corrected chi connectivity index (χ3v) is 2.40. The number of furan rings is 1. The van der Waals surface area contributed by atoms with Crippen molar-refractivity contribution in [1.29, 1.82) is 0 Å². The minimum Gasteiger partial charge on any atom is -0.460 e. The fourth-order valence-corrected chi connectivity index (χ4v) is 1.59. The highest BCUT2D eigenvalue weighted by atomic mass is 16.3. The fourth-order valence-electron chi connectivity index (χ4n) is 1.59. The molecule has 0 atom stereocenters. The van der Waals surface area contributed by atoms with E-state index in [1.165, 1.54) is 0 Å². The molecule has 1 N–H and O–H groups in total. The summed E-state index contributed by atoms with van der Waals surface area (Å²) >= 11 is 0. The molecule has 2 heterocycles. The number of nitrogens with zero attached hydrogens (tertiary/aromatic N) is 3. The van der Waals surface area contributed by atoms with Crippen LogP contribution in [0.1, 0.15) is 29.8 Å². The number of anilines is 1. The van der Waals surface area contributed by atoms with Crippen LogP contribution in [0.5, 0.6) is 0 Å². The van der Waals surface area contributed by atoms with Gasteiger partial charge in [0, 0.05) is 11.4 Å². The van der Waals surface area contributed by atoms with Gasteiger partial charge in [-0.2, -0.15) is 5.10 Å². The Balaban J connectivity index is 2.14. The van der Waals surface area contributed by atoms with Gasteiger partial charge in [-0.1, -0.05) is 0 Å². The van der Waals surface area contributed by atoms with Gasteiger partial charge in [0.1, 0.15) is 17.2 Å². The Morgan fingerprint density at radius 3 is 2.39 bits per heavy atom. The maximum Gasteiger partial charge on any atom is 0.243 e. The first-order chi connectivity index (χ1) is 8.54. The normalized spacial score (nSPS) is 11.7. The minimum absolute atomic E-state index is 0.495. The van der Waals surface area contributed by atoms with E-state index in [9.17, 15) is 0 Å². The molecule has 94 valence electrons. The Morgan fingerprint density at radius 2 is 1.83 bits per heavy atom. The molecule has 2 aromatic rings. The van der Waals surface area contributed by atoms with Gasteiger partial charge in [-0.05, 0) is 45.9 Å². The number of aromatic nitrogens is 2. The molecule has 0 aromatic carbocycles. The summed E-state index contributed by atoms with van der Waals surface area (Å²) in [6, 6.07) is 5.71. The van der Waals surface area contributed by atoms with Crippen LogP contribution in [0.2, 0.25) is 0 Å². The van der Waals surface area contributed by atoms with Gasteiger partial charge < -0.3 is 4.42 Å². The molecule has 0 aliphatic carbocycles. The molecule has 0 aliphatic heterocycles. The van der Waals surface area contributed by atoms with Gasteiger partial charge >= 0.3 is 0 Å². The lowest BCUT2D eigenvalue weighted by atomic mass is 10.3. The summed E-state index contributed by atoms with van der Waals surface area (Å²) in [7, 11) is 0. The average Bonchev–Trinajstić information content (AvgIpc) is 2.71. The van der Waals surface area contributed by atoms with Gasteiger partial charge in [0.2, 0.25) is 5.95 Å². The topological polar surface area (TPSA) is 63.3 Å². The largest absolute Gasteiger partial charge is 0.460 e. The lowest BCUT2D eigenvalue weighted by Gasteiger charge is -2.02. The maximum atomic E-state index is 5.47. The highest BCUT2D eigenvalue weighted by Crippen LogP contribution is 2.08. The van der Waals surface area contributed by atoms with Crippen molar-refractivity contribution in [3.05, 3.63) is 41.1 Å². The molecule has 0 radical (unpaired) electrons. The van der Waals surface area contributed by atoms with E-state index in [-0.39, 0.29) is 0 Å². The van der Waals surface area contributed by atoms with Crippen LogP contribution >= 0.6 is 0 Å². The maximum absolute atomic E-state index is 5.47. The molecule has 0 spiro atoms. The van der Waals surface area contributed by atoms with E-state index < -0.39 is 0 Å². The summed E-state index contributed by atoms with van der Waals surface area (Å²) in [5.41, 5.74) is 5.41. The molecule has 0 fully saturated rings. The zero-order chi connectivity index (χ0) is 13.1. The quantitative estimate of drug-likeness (QED) is 0.666. The summed E-state index contributed by atoms with van der Waals surface area (Å²) in [6.45, 7) is 7.61. The van der Waals surface area contributed by atoms with Crippen molar-refractivity contribution in [1.82, 2.24) is 9.97 Å². The molecule has 0 amide bonds. The van der Waals surface area contributed by atoms with Crippen LogP contribution in [0.4, 0.5) is 5.95 Å². The van der Waals surface area contributed by atoms with Crippen LogP contribution in [0.15, 0.2) is 27.7 Å². The molecule has 0 bridgehead atoms. The highest BCUT2D eigenvalue weighted by molar-refractivity contribution is 5.96. The molecule has 2 aromatic heterocycles. The van der Waals surface area contributed by atoms with Crippen LogP contribution in [0, 0.1) is 20.8 Å². The summed E-state index contributed by atoms with van der Waals surface area (Å²) < 4.78 is 5.47. The van der Waals surface area contributed by atoms with Gasteiger partial charge in [0.25, 0.3) is 0 Å². The van der Waals surface area contributed by atoms with Crippen molar-refractivity contribution in [3.63, 3.8) is 0 Å². The molecular weight excluding hydrogens is 228 g/mol. The Labute approximate surface area is 106 Å². The summed E-state index contributed by atoms with van der Waals surface area (Å²) in [5, 5.41) is 4.21. The van der Waals surface area contributed by atoms with Crippen LogP contribution in [-0.2, 0) is 0 Å². The Hall–Kier alpha value is -2.17. The SMILES string of the molecule is CC(=NNc1nc(C)cc(C)n1)c1ccc(C)o1. The predicted molar refractivity (Wildman–Crippen MR) is 70.8 cm³/mol. The van der Waals surface area contributed by atoms with Gasteiger partial charge in [0.15, 0.2) is 0 Å². The van der Waals surface area contributed by atoms with Crippen molar-refractivity contribution >= 4 is 11.7 Å². The number of hydrogen-bond acceptors (Lipinski definition) is 5. The Morgan fingerprint density at radius 1 is 1.17 bits per heavy atom. The summed E-state index contributed by atoms with van der Waals surface area (Å²) in [6.07, 6.45) is 0. The number of rotatable bonds is 3. The third-order valence-electron chi connectivity index (χ3n) is 2.40. The van der Waals surface area contributed by atoms with E-state index in [0.717, 1.165) is 28.6 Å². The molecular formula is C13H16N4O.